The van der Waals surface area contributed by atoms with Crippen LogP contribution in [0.1, 0.15) is 0 Å². The summed E-state index contributed by atoms with van der Waals surface area (Å²) in [6, 6.07) is 5.23. The Morgan fingerprint density at radius 1 is 1.25 bits per heavy atom. The van der Waals surface area contributed by atoms with Crippen LogP contribution in [0.25, 0.3) is 10.1 Å². The summed E-state index contributed by atoms with van der Waals surface area (Å²) in [6.07, 6.45) is 0. The van der Waals surface area contributed by atoms with Gasteiger partial charge in [-0.1, -0.05) is 29.3 Å². The maximum Gasteiger partial charge on any atom is 0.125 e. The highest BCUT2D eigenvalue weighted by molar-refractivity contribution is 7.23. The average Bonchev–Trinajstić information content (AvgIpc) is 2.29. The lowest BCUT2D eigenvalue weighted by Crippen LogP contribution is -1.65. The van der Waals surface area contributed by atoms with Crippen LogP contribution in [0.15, 0.2) is 18.2 Å². The van der Waals surface area contributed by atoms with Crippen LogP contribution < -0.4 is 0 Å². The number of hydrogen-bond acceptors (Lipinski definition) is 2. The zero-order valence-corrected chi connectivity index (χ0v) is 8.17. The molecule has 0 amide bonds. The number of benzene rings is 1. The van der Waals surface area contributed by atoms with Crippen molar-refractivity contribution < 1.29 is 5.11 Å². The van der Waals surface area contributed by atoms with Gasteiger partial charge in [-0.25, -0.2) is 0 Å². The van der Waals surface area contributed by atoms with Gasteiger partial charge in [-0.15, -0.1) is 11.3 Å². The molecule has 1 aromatic carbocycles. The van der Waals surface area contributed by atoms with Crippen molar-refractivity contribution in [2.75, 3.05) is 0 Å². The molecule has 12 heavy (non-hydrogen) atoms. The molecule has 0 aliphatic heterocycles. The normalized spacial score (nSPS) is 10.8. The number of hydrogen-bond donors (Lipinski definition) is 1. The predicted octanol–water partition coefficient (Wildman–Crippen LogP) is 3.91. The number of thiophene rings is 1. The predicted molar refractivity (Wildman–Crippen MR) is 53.5 cm³/mol. The van der Waals surface area contributed by atoms with Gasteiger partial charge in [0.15, 0.2) is 0 Å². The first-order valence-electron chi connectivity index (χ1n) is 3.25. The molecule has 62 valence electrons. The summed E-state index contributed by atoms with van der Waals surface area (Å²) < 4.78 is 1.43. The lowest BCUT2D eigenvalue weighted by Gasteiger charge is -1.93. The molecule has 0 radical (unpaired) electrons. The lowest BCUT2D eigenvalue weighted by molar-refractivity contribution is 0.482. The Bertz CT molecular complexity index is 436. The SMILES string of the molecule is Oc1cccc2sc(Cl)c(Cl)c12. The van der Waals surface area contributed by atoms with Crippen molar-refractivity contribution in [3.8, 4) is 5.75 Å². The van der Waals surface area contributed by atoms with Crippen molar-refractivity contribution in [3.63, 3.8) is 0 Å². The molecule has 0 bridgehead atoms. The van der Waals surface area contributed by atoms with Crippen LogP contribution in [-0.4, -0.2) is 5.11 Å². The van der Waals surface area contributed by atoms with E-state index >= 15 is 0 Å². The zero-order valence-electron chi connectivity index (χ0n) is 5.84. The summed E-state index contributed by atoms with van der Waals surface area (Å²) in [5.41, 5.74) is 0. The molecule has 0 unspecified atom stereocenters. The van der Waals surface area contributed by atoms with E-state index in [2.05, 4.69) is 0 Å². The monoisotopic (exact) mass is 218 g/mol. The Balaban J connectivity index is 2.97. The molecule has 2 rings (SSSR count). The summed E-state index contributed by atoms with van der Waals surface area (Å²) in [4.78, 5) is 0. The third-order valence-corrected chi connectivity index (χ3v) is 3.55. The molecule has 0 fully saturated rings. The molecule has 1 nitrogen and oxygen atoms in total. The topological polar surface area (TPSA) is 20.2 Å². The van der Waals surface area contributed by atoms with Crippen LogP contribution in [0, 0.1) is 0 Å². The molecule has 4 heteroatoms. The Hall–Kier alpha value is -0.440. The molecule has 0 aliphatic rings. The van der Waals surface area contributed by atoms with Gasteiger partial charge in [-0.05, 0) is 12.1 Å². The molecule has 2 aromatic rings. The minimum atomic E-state index is 0.181. The first-order valence-corrected chi connectivity index (χ1v) is 4.83. The van der Waals surface area contributed by atoms with Crippen molar-refractivity contribution in [1.29, 1.82) is 0 Å². The summed E-state index contributed by atoms with van der Waals surface area (Å²) in [7, 11) is 0. The molecule has 0 atom stereocenters. The van der Waals surface area contributed by atoms with Crippen molar-refractivity contribution in [3.05, 3.63) is 27.6 Å². The van der Waals surface area contributed by atoms with Gasteiger partial charge in [0, 0.05) is 4.70 Å². The van der Waals surface area contributed by atoms with Gasteiger partial charge in [-0.3, -0.25) is 0 Å². The second-order valence-corrected chi connectivity index (χ2v) is 4.37. The highest BCUT2D eigenvalue weighted by Crippen LogP contribution is 2.42. The molecule has 0 spiro atoms. The van der Waals surface area contributed by atoms with Crippen molar-refractivity contribution in [2.24, 2.45) is 0 Å². The molecule has 0 saturated carbocycles. The van der Waals surface area contributed by atoms with Crippen molar-refractivity contribution in [1.82, 2.24) is 0 Å². The lowest BCUT2D eigenvalue weighted by atomic mass is 10.2. The van der Waals surface area contributed by atoms with Gasteiger partial charge in [0.05, 0.1) is 10.4 Å². The number of rotatable bonds is 0. The van der Waals surface area contributed by atoms with Gasteiger partial charge in [0.2, 0.25) is 0 Å². The molecule has 1 N–H and O–H groups in total. The van der Waals surface area contributed by atoms with Crippen LogP contribution in [-0.2, 0) is 0 Å². The standard InChI is InChI=1S/C8H4Cl2OS/c9-7-6-4(11)2-1-3-5(6)12-8(7)10/h1-3,11H. The number of halogens is 2. The summed E-state index contributed by atoms with van der Waals surface area (Å²) in [5, 5.41) is 10.5. The Morgan fingerprint density at radius 3 is 2.67 bits per heavy atom. The van der Waals surface area contributed by atoms with Crippen LogP contribution >= 0.6 is 34.5 Å². The van der Waals surface area contributed by atoms with Gasteiger partial charge < -0.3 is 5.11 Å². The Morgan fingerprint density at radius 2 is 2.00 bits per heavy atom. The number of phenolic OH excluding ortho intramolecular Hbond substituents is 1. The van der Waals surface area contributed by atoms with E-state index < -0.39 is 0 Å². The largest absolute Gasteiger partial charge is 0.507 e. The van der Waals surface area contributed by atoms with Crippen LogP contribution in [0.4, 0.5) is 0 Å². The van der Waals surface area contributed by atoms with Gasteiger partial charge in [-0.2, -0.15) is 0 Å². The van der Waals surface area contributed by atoms with Gasteiger partial charge in [0.25, 0.3) is 0 Å². The summed E-state index contributed by atoms with van der Waals surface area (Å²) >= 11 is 13.0. The van der Waals surface area contributed by atoms with Crippen LogP contribution in [0.2, 0.25) is 9.36 Å². The van der Waals surface area contributed by atoms with Crippen LogP contribution in [0.3, 0.4) is 0 Å². The summed E-state index contributed by atoms with van der Waals surface area (Å²) in [5.74, 6) is 0.181. The van der Waals surface area contributed by atoms with E-state index in [0.29, 0.717) is 14.7 Å². The smallest absolute Gasteiger partial charge is 0.125 e. The van der Waals surface area contributed by atoms with Crippen LogP contribution in [0.5, 0.6) is 5.75 Å². The number of aromatic hydroxyl groups is 1. The fourth-order valence-electron chi connectivity index (χ4n) is 1.06. The quantitative estimate of drug-likeness (QED) is 0.711. The van der Waals surface area contributed by atoms with Gasteiger partial charge in [0.1, 0.15) is 10.1 Å². The minimum Gasteiger partial charge on any atom is -0.507 e. The third-order valence-electron chi connectivity index (χ3n) is 1.60. The van der Waals surface area contributed by atoms with E-state index in [0.717, 1.165) is 4.70 Å². The molecular formula is C8H4Cl2OS. The number of fused-ring (bicyclic) bond motifs is 1. The number of phenols is 1. The zero-order chi connectivity index (χ0) is 8.72. The molecular weight excluding hydrogens is 215 g/mol. The highest BCUT2D eigenvalue weighted by Gasteiger charge is 2.10. The Kier molecular flexibility index (Phi) is 1.91. The maximum atomic E-state index is 9.43. The fraction of sp³-hybridized carbons (Fsp3) is 0. The first kappa shape index (κ1) is 8.17. The highest BCUT2D eigenvalue weighted by atomic mass is 35.5. The summed E-state index contributed by atoms with van der Waals surface area (Å²) in [6.45, 7) is 0. The fourth-order valence-corrected chi connectivity index (χ4v) is 2.62. The molecule has 0 aliphatic carbocycles. The molecule has 1 heterocycles. The van der Waals surface area contributed by atoms with Gasteiger partial charge >= 0.3 is 0 Å². The van der Waals surface area contributed by atoms with E-state index in [-0.39, 0.29) is 5.75 Å². The van der Waals surface area contributed by atoms with E-state index in [4.69, 9.17) is 23.2 Å². The second kappa shape index (κ2) is 2.80. The molecule has 1 aromatic heterocycles. The van der Waals surface area contributed by atoms with E-state index in [1.54, 1.807) is 12.1 Å². The average molecular weight is 219 g/mol. The first-order chi connectivity index (χ1) is 5.70. The van der Waals surface area contributed by atoms with Crippen molar-refractivity contribution in [2.45, 2.75) is 0 Å². The second-order valence-electron chi connectivity index (χ2n) is 2.34. The minimum absolute atomic E-state index is 0.181. The van der Waals surface area contributed by atoms with Crippen molar-refractivity contribution >= 4 is 44.6 Å². The Labute approximate surface area is 83.2 Å². The van der Waals surface area contributed by atoms with E-state index in [9.17, 15) is 5.11 Å². The molecule has 0 saturated heterocycles. The van der Waals surface area contributed by atoms with E-state index in [1.807, 2.05) is 6.07 Å². The third kappa shape index (κ3) is 1.07. The maximum absolute atomic E-state index is 9.43. The van der Waals surface area contributed by atoms with E-state index in [1.165, 1.54) is 11.3 Å².